The van der Waals surface area contributed by atoms with Crippen molar-refractivity contribution in [1.82, 2.24) is 4.98 Å². The first-order valence-corrected chi connectivity index (χ1v) is 3.00. The first kappa shape index (κ1) is 8.40. The van der Waals surface area contributed by atoms with Gasteiger partial charge in [-0.3, -0.25) is 0 Å². The maximum absolute atomic E-state index is 11.6. The Kier molecular flexibility index (Phi) is 2.53. The normalized spacial score (nSPS) is 9.50. The number of pyridine rings is 1. The molecular formula is C7H4F2N2O. The van der Waals surface area contributed by atoms with E-state index in [1.165, 1.54) is 18.3 Å². The average molecular weight is 170 g/mol. The zero-order valence-electron chi connectivity index (χ0n) is 5.87. The van der Waals surface area contributed by atoms with Crippen molar-refractivity contribution in [3.8, 4) is 5.88 Å². The number of halogens is 2. The van der Waals surface area contributed by atoms with Crippen LogP contribution in [0.4, 0.5) is 14.5 Å². The van der Waals surface area contributed by atoms with Gasteiger partial charge in [0.1, 0.15) is 0 Å². The van der Waals surface area contributed by atoms with Crippen LogP contribution in [0.25, 0.3) is 4.85 Å². The molecule has 0 fully saturated rings. The van der Waals surface area contributed by atoms with Gasteiger partial charge in [0.25, 0.3) is 0 Å². The van der Waals surface area contributed by atoms with Crippen molar-refractivity contribution < 1.29 is 13.5 Å². The lowest BCUT2D eigenvalue weighted by atomic mass is 10.4. The average Bonchev–Trinajstić information content (AvgIpc) is 2.05. The molecule has 5 heteroatoms. The largest absolute Gasteiger partial charge is 0.417 e. The van der Waals surface area contributed by atoms with Crippen LogP contribution in [0.3, 0.4) is 0 Å². The summed E-state index contributed by atoms with van der Waals surface area (Å²) in [5.74, 6) is -0.183. The van der Waals surface area contributed by atoms with Crippen molar-refractivity contribution in [1.29, 1.82) is 0 Å². The Morgan fingerprint density at radius 2 is 2.25 bits per heavy atom. The second-order valence-corrected chi connectivity index (χ2v) is 1.84. The quantitative estimate of drug-likeness (QED) is 0.636. The predicted octanol–water partition coefficient (Wildman–Crippen LogP) is 2.23. The van der Waals surface area contributed by atoms with E-state index in [2.05, 4.69) is 14.6 Å². The monoisotopic (exact) mass is 170 g/mol. The maximum atomic E-state index is 11.6. The zero-order chi connectivity index (χ0) is 8.97. The predicted molar refractivity (Wildman–Crippen MR) is 37.1 cm³/mol. The lowest BCUT2D eigenvalue weighted by Crippen LogP contribution is -2.02. The number of rotatable bonds is 2. The molecule has 0 unspecified atom stereocenters. The highest BCUT2D eigenvalue weighted by molar-refractivity contribution is 5.42. The van der Waals surface area contributed by atoms with Gasteiger partial charge in [-0.2, -0.15) is 8.78 Å². The Balaban J connectivity index is 2.73. The number of alkyl halides is 2. The first-order valence-electron chi connectivity index (χ1n) is 3.00. The van der Waals surface area contributed by atoms with E-state index in [-0.39, 0.29) is 11.6 Å². The van der Waals surface area contributed by atoms with Gasteiger partial charge < -0.3 is 4.74 Å². The molecule has 0 N–H and O–H groups in total. The van der Waals surface area contributed by atoms with E-state index < -0.39 is 6.61 Å². The number of hydrogen-bond donors (Lipinski definition) is 0. The van der Waals surface area contributed by atoms with Gasteiger partial charge in [0.15, 0.2) is 0 Å². The minimum Gasteiger partial charge on any atom is -0.417 e. The SMILES string of the molecule is [C-]#[N+]c1ccc(OC(F)F)nc1. The summed E-state index contributed by atoms with van der Waals surface area (Å²) in [5, 5.41) is 0. The van der Waals surface area contributed by atoms with E-state index >= 15 is 0 Å². The molecule has 12 heavy (non-hydrogen) atoms. The number of hydrogen-bond acceptors (Lipinski definition) is 2. The highest BCUT2D eigenvalue weighted by Crippen LogP contribution is 2.15. The van der Waals surface area contributed by atoms with E-state index in [0.29, 0.717) is 0 Å². The van der Waals surface area contributed by atoms with Gasteiger partial charge in [0.2, 0.25) is 11.6 Å². The number of aromatic nitrogens is 1. The lowest BCUT2D eigenvalue weighted by Gasteiger charge is -2.01. The summed E-state index contributed by atoms with van der Waals surface area (Å²) in [6.07, 6.45) is 1.17. The molecule has 0 amide bonds. The third kappa shape index (κ3) is 2.16. The third-order valence-electron chi connectivity index (χ3n) is 1.06. The Bertz CT molecular complexity index is 291. The van der Waals surface area contributed by atoms with E-state index in [1.54, 1.807) is 0 Å². The molecule has 0 saturated heterocycles. The fraction of sp³-hybridized carbons (Fsp3) is 0.143. The molecule has 1 heterocycles. The zero-order valence-corrected chi connectivity index (χ0v) is 5.87. The summed E-state index contributed by atoms with van der Waals surface area (Å²) >= 11 is 0. The minimum absolute atomic E-state index is 0.183. The number of nitrogens with zero attached hydrogens (tertiary/aromatic N) is 2. The van der Waals surface area contributed by atoms with Gasteiger partial charge in [-0.25, -0.2) is 9.83 Å². The Morgan fingerprint density at radius 1 is 1.50 bits per heavy atom. The molecule has 1 aromatic rings. The highest BCUT2D eigenvalue weighted by atomic mass is 19.3. The van der Waals surface area contributed by atoms with E-state index in [0.717, 1.165) is 0 Å². The summed E-state index contributed by atoms with van der Waals surface area (Å²) in [4.78, 5) is 6.51. The molecule has 0 aromatic carbocycles. The van der Waals surface area contributed by atoms with Crippen molar-refractivity contribution >= 4 is 5.69 Å². The van der Waals surface area contributed by atoms with Gasteiger partial charge in [-0.05, 0) is 12.1 Å². The Morgan fingerprint density at radius 3 is 2.67 bits per heavy atom. The smallest absolute Gasteiger partial charge is 0.388 e. The fourth-order valence-corrected chi connectivity index (χ4v) is 0.600. The van der Waals surface area contributed by atoms with E-state index in [9.17, 15) is 8.78 Å². The molecule has 1 aromatic heterocycles. The summed E-state index contributed by atoms with van der Waals surface area (Å²) in [6.45, 7) is 3.67. The van der Waals surface area contributed by atoms with E-state index in [1.807, 2.05) is 0 Å². The summed E-state index contributed by atoms with van der Waals surface area (Å²) in [5.41, 5.74) is 0.289. The van der Waals surface area contributed by atoms with Crippen LogP contribution in [-0.2, 0) is 0 Å². The molecule has 0 spiro atoms. The molecule has 0 aliphatic heterocycles. The Labute approximate surface area is 67.4 Å². The first-order chi connectivity index (χ1) is 5.72. The molecule has 0 aliphatic rings. The van der Waals surface area contributed by atoms with Gasteiger partial charge in [0, 0.05) is 6.20 Å². The van der Waals surface area contributed by atoms with Crippen LogP contribution in [-0.4, -0.2) is 11.6 Å². The molecule has 0 atom stereocenters. The van der Waals surface area contributed by atoms with Crippen LogP contribution in [0.1, 0.15) is 0 Å². The van der Waals surface area contributed by atoms with Gasteiger partial charge in [-0.1, -0.05) is 0 Å². The van der Waals surface area contributed by atoms with Crippen molar-refractivity contribution in [2.75, 3.05) is 0 Å². The van der Waals surface area contributed by atoms with Crippen LogP contribution < -0.4 is 4.74 Å². The Hall–Kier alpha value is -1.70. The molecule has 1 rings (SSSR count). The molecule has 3 nitrogen and oxygen atoms in total. The molecule has 0 radical (unpaired) electrons. The summed E-state index contributed by atoms with van der Waals surface area (Å²) < 4.78 is 27.1. The maximum Gasteiger partial charge on any atom is 0.388 e. The van der Waals surface area contributed by atoms with Crippen molar-refractivity contribution in [3.05, 3.63) is 29.7 Å². The molecular weight excluding hydrogens is 166 g/mol. The topological polar surface area (TPSA) is 26.5 Å². The lowest BCUT2D eigenvalue weighted by molar-refractivity contribution is -0.0528. The van der Waals surface area contributed by atoms with Gasteiger partial charge in [-0.15, -0.1) is 0 Å². The molecule has 0 saturated carbocycles. The summed E-state index contributed by atoms with van der Waals surface area (Å²) in [7, 11) is 0. The van der Waals surface area contributed by atoms with Crippen molar-refractivity contribution in [2.24, 2.45) is 0 Å². The van der Waals surface area contributed by atoms with Crippen LogP contribution in [0.5, 0.6) is 5.88 Å². The van der Waals surface area contributed by atoms with E-state index in [4.69, 9.17) is 6.57 Å². The number of ether oxygens (including phenoxy) is 1. The molecule has 0 aliphatic carbocycles. The third-order valence-corrected chi connectivity index (χ3v) is 1.06. The van der Waals surface area contributed by atoms with Crippen LogP contribution >= 0.6 is 0 Å². The van der Waals surface area contributed by atoms with Gasteiger partial charge in [0.05, 0.1) is 6.57 Å². The van der Waals surface area contributed by atoms with Crippen LogP contribution in [0.15, 0.2) is 18.3 Å². The summed E-state index contributed by atoms with van der Waals surface area (Å²) in [6, 6.07) is 2.58. The van der Waals surface area contributed by atoms with Crippen LogP contribution in [0.2, 0.25) is 0 Å². The second kappa shape index (κ2) is 3.62. The van der Waals surface area contributed by atoms with Crippen LogP contribution in [0, 0.1) is 6.57 Å². The minimum atomic E-state index is -2.88. The standard InChI is InChI=1S/C7H4F2N2O/c1-10-5-2-3-6(11-4-5)12-7(8)9/h2-4,7H. The van der Waals surface area contributed by atoms with Crippen molar-refractivity contribution in [3.63, 3.8) is 0 Å². The molecule has 0 bridgehead atoms. The molecule has 62 valence electrons. The highest BCUT2D eigenvalue weighted by Gasteiger charge is 2.04. The second-order valence-electron chi connectivity index (χ2n) is 1.84. The fourth-order valence-electron chi connectivity index (χ4n) is 0.600. The van der Waals surface area contributed by atoms with Gasteiger partial charge >= 0.3 is 6.61 Å². The van der Waals surface area contributed by atoms with Crippen molar-refractivity contribution in [2.45, 2.75) is 6.61 Å².